The van der Waals surface area contributed by atoms with E-state index in [2.05, 4.69) is 28.6 Å². The summed E-state index contributed by atoms with van der Waals surface area (Å²) in [6.07, 6.45) is 5.40. The second-order valence-electron chi connectivity index (χ2n) is 8.77. The molecule has 4 rings (SSSR count). The van der Waals surface area contributed by atoms with Crippen molar-refractivity contribution in [3.8, 4) is 5.69 Å². The maximum atomic E-state index is 13.1. The molecule has 1 aliphatic rings. The average molecular weight is 431 g/mol. The highest BCUT2D eigenvalue weighted by molar-refractivity contribution is 5.88. The Morgan fingerprint density at radius 1 is 1.06 bits per heavy atom. The van der Waals surface area contributed by atoms with Gasteiger partial charge in [0, 0.05) is 38.3 Å². The Labute approximate surface area is 189 Å². The van der Waals surface area contributed by atoms with E-state index in [4.69, 9.17) is 0 Å². The normalized spacial score (nSPS) is 15.5. The minimum atomic E-state index is -0.460. The molecule has 0 saturated heterocycles. The number of nitrogens with one attached hydrogen (secondary N) is 1. The van der Waals surface area contributed by atoms with E-state index in [1.807, 2.05) is 61.1 Å². The predicted octanol–water partition coefficient (Wildman–Crippen LogP) is 3.53. The van der Waals surface area contributed by atoms with Crippen molar-refractivity contribution in [3.05, 3.63) is 83.7 Å². The molecule has 32 heavy (non-hydrogen) atoms. The molecule has 0 saturated carbocycles. The second kappa shape index (κ2) is 9.81. The number of hydrogen-bond donors (Lipinski definition) is 1. The van der Waals surface area contributed by atoms with E-state index in [-0.39, 0.29) is 17.7 Å². The molecule has 0 spiro atoms. The van der Waals surface area contributed by atoms with Crippen LogP contribution >= 0.6 is 0 Å². The number of nitrogens with zero attached hydrogens (tertiary/aromatic N) is 3. The van der Waals surface area contributed by atoms with Crippen LogP contribution in [-0.4, -0.2) is 39.1 Å². The van der Waals surface area contributed by atoms with E-state index in [0.717, 1.165) is 28.8 Å². The lowest BCUT2D eigenvalue weighted by Crippen LogP contribution is -2.53. The Morgan fingerprint density at radius 2 is 1.81 bits per heavy atom. The molecule has 1 atom stereocenters. The van der Waals surface area contributed by atoms with Gasteiger partial charge in [-0.15, -0.1) is 0 Å². The number of rotatable bonds is 7. The molecule has 6 heteroatoms. The van der Waals surface area contributed by atoms with Crippen LogP contribution in [0.1, 0.15) is 37.0 Å². The van der Waals surface area contributed by atoms with Crippen LogP contribution in [0.15, 0.2) is 67.0 Å². The first-order valence-electron chi connectivity index (χ1n) is 11.2. The van der Waals surface area contributed by atoms with E-state index in [1.165, 1.54) is 0 Å². The average Bonchev–Trinajstić information content (AvgIpc) is 3.33. The quantitative estimate of drug-likeness (QED) is 0.624. The lowest BCUT2D eigenvalue weighted by atomic mass is 9.92. The first-order valence-corrected chi connectivity index (χ1v) is 11.2. The summed E-state index contributed by atoms with van der Waals surface area (Å²) in [6.45, 7) is 5.09. The Balaban J connectivity index is 1.38. The third kappa shape index (κ3) is 5.07. The van der Waals surface area contributed by atoms with Crippen LogP contribution in [0.5, 0.6) is 0 Å². The third-order valence-corrected chi connectivity index (χ3v) is 5.87. The Bertz CT molecular complexity index is 1060. The SMILES string of the molecule is CC(C)CC(=O)N1Cc2ccccc2CC1C(=O)NCCc1ccc(-n2cccn2)cc1. The number of benzene rings is 2. The van der Waals surface area contributed by atoms with Crippen molar-refractivity contribution in [2.24, 2.45) is 5.92 Å². The molecule has 166 valence electrons. The zero-order chi connectivity index (χ0) is 22.5. The van der Waals surface area contributed by atoms with E-state index in [1.54, 1.807) is 11.1 Å². The van der Waals surface area contributed by atoms with Crippen molar-refractivity contribution in [1.29, 1.82) is 0 Å². The third-order valence-electron chi connectivity index (χ3n) is 5.87. The molecule has 0 bridgehead atoms. The minimum absolute atomic E-state index is 0.0452. The first kappa shape index (κ1) is 21.8. The van der Waals surface area contributed by atoms with E-state index in [0.29, 0.717) is 25.9 Å². The van der Waals surface area contributed by atoms with Gasteiger partial charge in [-0.1, -0.05) is 50.2 Å². The predicted molar refractivity (Wildman–Crippen MR) is 124 cm³/mol. The molecule has 2 aromatic carbocycles. The molecule has 1 unspecified atom stereocenters. The van der Waals surface area contributed by atoms with Gasteiger partial charge in [0.2, 0.25) is 11.8 Å². The highest BCUT2D eigenvalue weighted by Crippen LogP contribution is 2.25. The van der Waals surface area contributed by atoms with Gasteiger partial charge in [0.15, 0.2) is 0 Å². The van der Waals surface area contributed by atoms with E-state index >= 15 is 0 Å². The Morgan fingerprint density at radius 3 is 2.50 bits per heavy atom. The first-order chi connectivity index (χ1) is 15.5. The summed E-state index contributed by atoms with van der Waals surface area (Å²) in [4.78, 5) is 27.7. The fourth-order valence-electron chi connectivity index (χ4n) is 4.17. The topological polar surface area (TPSA) is 67.2 Å². The van der Waals surface area contributed by atoms with Crippen LogP contribution in [0.4, 0.5) is 0 Å². The van der Waals surface area contributed by atoms with Crippen LogP contribution in [-0.2, 0) is 29.0 Å². The number of carbonyl (C=O) groups is 2. The molecule has 0 radical (unpaired) electrons. The lowest BCUT2D eigenvalue weighted by Gasteiger charge is -2.36. The van der Waals surface area contributed by atoms with Crippen molar-refractivity contribution in [3.63, 3.8) is 0 Å². The summed E-state index contributed by atoms with van der Waals surface area (Å²) in [5.41, 5.74) is 4.42. The van der Waals surface area contributed by atoms with E-state index in [9.17, 15) is 9.59 Å². The molecule has 3 aromatic rings. The van der Waals surface area contributed by atoms with Crippen molar-refractivity contribution >= 4 is 11.8 Å². The number of fused-ring (bicyclic) bond motifs is 1. The number of amides is 2. The molecule has 2 amide bonds. The van der Waals surface area contributed by atoms with Crippen LogP contribution < -0.4 is 5.32 Å². The Kier molecular flexibility index (Phi) is 6.69. The van der Waals surface area contributed by atoms with Gasteiger partial charge in [-0.05, 0) is 47.2 Å². The summed E-state index contributed by atoms with van der Waals surface area (Å²) in [5, 5.41) is 7.30. The maximum Gasteiger partial charge on any atom is 0.243 e. The molecule has 0 fully saturated rings. The van der Waals surface area contributed by atoms with Crippen LogP contribution in [0.3, 0.4) is 0 Å². The van der Waals surface area contributed by atoms with Gasteiger partial charge < -0.3 is 10.2 Å². The van der Waals surface area contributed by atoms with Gasteiger partial charge in [0.1, 0.15) is 6.04 Å². The summed E-state index contributed by atoms with van der Waals surface area (Å²) in [6, 6.07) is 17.7. The zero-order valence-corrected chi connectivity index (χ0v) is 18.7. The van der Waals surface area contributed by atoms with Gasteiger partial charge in [-0.2, -0.15) is 5.10 Å². The summed E-state index contributed by atoms with van der Waals surface area (Å²) in [7, 11) is 0. The van der Waals surface area contributed by atoms with Crippen LogP contribution in [0.2, 0.25) is 0 Å². The van der Waals surface area contributed by atoms with Crippen molar-refractivity contribution in [2.75, 3.05) is 6.54 Å². The monoisotopic (exact) mass is 430 g/mol. The van der Waals surface area contributed by atoms with Crippen LogP contribution in [0.25, 0.3) is 5.69 Å². The molecule has 6 nitrogen and oxygen atoms in total. The van der Waals surface area contributed by atoms with Gasteiger partial charge >= 0.3 is 0 Å². The number of aromatic nitrogens is 2. The van der Waals surface area contributed by atoms with Gasteiger partial charge in [-0.25, -0.2) is 4.68 Å². The van der Waals surface area contributed by atoms with E-state index < -0.39 is 6.04 Å². The second-order valence-corrected chi connectivity index (χ2v) is 8.77. The highest BCUT2D eigenvalue weighted by atomic mass is 16.2. The minimum Gasteiger partial charge on any atom is -0.354 e. The fourth-order valence-corrected chi connectivity index (χ4v) is 4.17. The summed E-state index contributed by atoms with van der Waals surface area (Å²) in [5.74, 6) is 0.224. The maximum absolute atomic E-state index is 13.1. The van der Waals surface area contributed by atoms with Gasteiger partial charge in [-0.3, -0.25) is 9.59 Å². The zero-order valence-electron chi connectivity index (χ0n) is 18.7. The van der Waals surface area contributed by atoms with Crippen molar-refractivity contribution < 1.29 is 9.59 Å². The molecule has 1 N–H and O–H groups in total. The molecule has 1 aromatic heterocycles. The van der Waals surface area contributed by atoms with Crippen LogP contribution in [0, 0.1) is 5.92 Å². The fraction of sp³-hybridized carbons (Fsp3) is 0.346. The lowest BCUT2D eigenvalue weighted by molar-refractivity contribution is -0.142. The van der Waals surface area contributed by atoms with Gasteiger partial charge in [0.25, 0.3) is 0 Å². The molecular weight excluding hydrogens is 400 g/mol. The summed E-state index contributed by atoms with van der Waals surface area (Å²) < 4.78 is 1.81. The van der Waals surface area contributed by atoms with Crippen molar-refractivity contribution in [1.82, 2.24) is 20.0 Å². The standard InChI is InChI=1S/C26H30N4O2/c1-19(2)16-25(31)29-18-22-7-4-3-6-21(22)17-24(29)26(32)27-14-12-20-8-10-23(11-9-20)30-15-5-13-28-30/h3-11,13,15,19,24H,12,14,16-18H2,1-2H3,(H,27,32). The smallest absolute Gasteiger partial charge is 0.243 e. The number of hydrogen-bond acceptors (Lipinski definition) is 3. The number of carbonyl (C=O) groups excluding carboxylic acids is 2. The molecule has 2 heterocycles. The highest BCUT2D eigenvalue weighted by Gasteiger charge is 2.34. The molecular formula is C26H30N4O2. The van der Waals surface area contributed by atoms with Crippen molar-refractivity contribution in [2.45, 2.75) is 45.7 Å². The molecule has 1 aliphatic heterocycles. The molecule has 0 aliphatic carbocycles. The largest absolute Gasteiger partial charge is 0.354 e. The summed E-state index contributed by atoms with van der Waals surface area (Å²) >= 11 is 0. The van der Waals surface area contributed by atoms with Gasteiger partial charge in [0.05, 0.1) is 5.69 Å². The Hall–Kier alpha value is -3.41.